The molecule has 16 heavy (non-hydrogen) atoms. The van der Waals surface area contributed by atoms with Crippen LogP contribution in [0, 0.1) is 5.92 Å². The van der Waals surface area contributed by atoms with Crippen molar-refractivity contribution in [2.24, 2.45) is 5.92 Å². The lowest BCUT2D eigenvalue weighted by Gasteiger charge is -2.22. The molecule has 6 nitrogen and oxygen atoms in total. The molecule has 2 rings (SSSR count). The lowest BCUT2D eigenvalue weighted by atomic mass is 10.1. The molecule has 0 aromatic carbocycles. The first-order valence-electron chi connectivity index (χ1n) is 5.12. The first-order chi connectivity index (χ1) is 7.39. The van der Waals surface area contributed by atoms with Crippen LogP contribution in [-0.2, 0) is 19.4 Å². The summed E-state index contributed by atoms with van der Waals surface area (Å²) >= 11 is 0. The predicted octanol–water partition coefficient (Wildman–Crippen LogP) is -0.893. The van der Waals surface area contributed by atoms with Crippen molar-refractivity contribution in [3.05, 3.63) is 0 Å². The van der Waals surface area contributed by atoms with Crippen LogP contribution in [0.15, 0.2) is 0 Å². The molecular formula is C9H13NO5S. The fraction of sp³-hybridized carbons (Fsp3) is 0.778. The molecule has 1 N–H and O–H groups in total. The number of nitrogens with zero attached hydrogens (tertiary/aromatic N) is 1. The largest absolute Gasteiger partial charge is 0.481 e. The smallest absolute Gasteiger partial charge is 0.308 e. The highest BCUT2D eigenvalue weighted by atomic mass is 32.2. The van der Waals surface area contributed by atoms with Crippen LogP contribution < -0.4 is 0 Å². The Bertz CT molecular complexity index is 429. The van der Waals surface area contributed by atoms with E-state index in [1.807, 2.05) is 0 Å². The van der Waals surface area contributed by atoms with Gasteiger partial charge in [-0.3, -0.25) is 9.59 Å². The summed E-state index contributed by atoms with van der Waals surface area (Å²) < 4.78 is 22.5. The number of likely N-dealkylation sites (tertiary alicyclic amines) is 1. The lowest BCUT2D eigenvalue weighted by Crippen LogP contribution is -2.37. The number of carbonyl (C=O) groups is 2. The first-order valence-corrected chi connectivity index (χ1v) is 6.94. The number of hydrogen-bond acceptors (Lipinski definition) is 4. The van der Waals surface area contributed by atoms with E-state index in [1.165, 1.54) is 4.90 Å². The second-order valence-corrected chi connectivity index (χ2v) is 6.57. The third kappa shape index (κ3) is 2.04. The molecule has 90 valence electrons. The van der Waals surface area contributed by atoms with Crippen LogP contribution in [0.3, 0.4) is 0 Å². The van der Waals surface area contributed by atoms with Crippen LogP contribution >= 0.6 is 0 Å². The standard InChI is InChI=1S/C9H13NO5S/c11-8-3-6(9(12)13)4-10(8)7-1-2-16(14,15)5-7/h6-7H,1-5H2,(H,12,13)/t6-,7+/m0/s1. The van der Waals surface area contributed by atoms with Gasteiger partial charge in [0.1, 0.15) is 0 Å². The van der Waals surface area contributed by atoms with Crippen molar-refractivity contribution in [2.45, 2.75) is 18.9 Å². The zero-order valence-electron chi connectivity index (χ0n) is 8.63. The Labute approximate surface area is 93.1 Å². The van der Waals surface area contributed by atoms with Crippen molar-refractivity contribution in [1.29, 1.82) is 0 Å². The van der Waals surface area contributed by atoms with E-state index in [1.54, 1.807) is 0 Å². The zero-order valence-corrected chi connectivity index (χ0v) is 9.44. The molecule has 1 amide bonds. The molecule has 0 aromatic heterocycles. The number of sulfone groups is 1. The van der Waals surface area contributed by atoms with Crippen LogP contribution in [0.2, 0.25) is 0 Å². The van der Waals surface area contributed by atoms with Crippen molar-refractivity contribution in [2.75, 3.05) is 18.1 Å². The molecule has 0 bridgehead atoms. The normalized spacial score (nSPS) is 33.2. The minimum Gasteiger partial charge on any atom is -0.481 e. The number of carboxylic acid groups (broad SMARTS) is 1. The maximum atomic E-state index is 11.6. The second kappa shape index (κ2) is 3.73. The summed E-state index contributed by atoms with van der Waals surface area (Å²) in [7, 11) is -3.04. The molecule has 0 spiro atoms. The number of hydrogen-bond donors (Lipinski definition) is 1. The Morgan fingerprint density at radius 2 is 2.12 bits per heavy atom. The Hall–Kier alpha value is -1.11. The van der Waals surface area contributed by atoms with Crippen LogP contribution in [-0.4, -0.2) is 54.4 Å². The van der Waals surface area contributed by atoms with Crippen LogP contribution in [0.4, 0.5) is 0 Å². The average Bonchev–Trinajstić information content (AvgIpc) is 2.69. The van der Waals surface area contributed by atoms with Gasteiger partial charge in [0, 0.05) is 19.0 Å². The first kappa shape index (κ1) is 11.4. The van der Waals surface area contributed by atoms with Gasteiger partial charge in [-0.25, -0.2) is 8.42 Å². The van der Waals surface area contributed by atoms with Crippen LogP contribution in [0.25, 0.3) is 0 Å². The number of aliphatic carboxylic acids is 1. The van der Waals surface area contributed by atoms with Gasteiger partial charge in [-0.1, -0.05) is 0 Å². The highest BCUT2D eigenvalue weighted by molar-refractivity contribution is 7.91. The van der Waals surface area contributed by atoms with Crippen molar-refractivity contribution < 1.29 is 23.1 Å². The maximum Gasteiger partial charge on any atom is 0.308 e. The molecule has 2 saturated heterocycles. The second-order valence-electron chi connectivity index (χ2n) is 4.34. The quantitative estimate of drug-likeness (QED) is 0.683. The fourth-order valence-corrected chi connectivity index (χ4v) is 4.00. The van der Waals surface area contributed by atoms with Gasteiger partial charge in [-0.15, -0.1) is 0 Å². The van der Waals surface area contributed by atoms with Crippen molar-refractivity contribution >= 4 is 21.7 Å². The zero-order chi connectivity index (χ0) is 11.9. The third-order valence-electron chi connectivity index (χ3n) is 3.16. The van der Waals surface area contributed by atoms with E-state index >= 15 is 0 Å². The topological polar surface area (TPSA) is 91.8 Å². The summed E-state index contributed by atoms with van der Waals surface area (Å²) in [6.45, 7) is 0.147. The van der Waals surface area contributed by atoms with Gasteiger partial charge in [0.2, 0.25) is 5.91 Å². The maximum absolute atomic E-state index is 11.6. The highest BCUT2D eigenvalue weighted by Crippen LogP contribution is 2.26. The van der Waals surface area contributed by atoms with Crippen LogP contribution in [0.5, 0.6) is 0 Å². The van der Waals surface area contributed by atoms with Gasteiger partial charge in [0.15, 0.2) is 9.84 Å². The molecule has 0 radical (unpaired) electrons. The number of carboxylic acids is 1. The van der Waals surface area contributed by atoms with E-state index in [0.29, 0.717) is 6.42 Å². The molecule has 2 aliphatic heterocycles. The fourth-order valence-electron chi connectivity index (χ4n) is 2.27. The molecule has 0 aliphatic carbocycles. The predicted molar refractivity (Wildman–Crippen MR) is 54.5 cm³/mol. The highest BCUT2D eigenvalue weighted by Gasteiger charge is 2.41. The van der Waals surface area contributed by atoms with E-state index in [-0.39, 0.29) is 36.4 Å². The van der Waals surface area contributed by atoms with Gasteiger partial charge in [-0.2, -0.15) is 0 Å². The van der Waals surface area contributed by atoms with Crippen LogP contribution in [0.1, 0.15) is 12.8 Å². The van der Waals surface area contributed by atoms with Crippen molar-refractivity contribution in [3.63, 3.8) is 0 Å². The minimum absolute atomic E-state index is 0.00805. The Kier molecular flexibility index (Phi) is 2.65. The average molecular weight is 247 g/mol. The Balaban J connectivity index is 2.07. The van der Waals surface area contributed by atoms with Gasteiger partial charge in [-0.05, 0) is 6.42 Å². The molecule has 2 fully saturated rings. The number of amides is 1. The summed E-state index contributed by atoms with van der Waals surface area (Å²) in [5.74, 6) is -1.84. The summed E-state index contributed by atoms with van der Waals surface area (Å²) in [5, 5.41) is 8.80. The lowest BCUT2D eigenvalue weighted by molar-refractivity contribution is -0.141. The van der Waals surface area contributed by atoms with Gasteiger partial charge in [0.25, 0.3) is 0 Å². The summed E-state index contributed by atoms with van der Waals surface area (Å²) in [6, 6.07) is -0.318. The number of rotatable bonds is 2. The molecule has 0 saturated carbocycles. The van der Waals surface area contributed by atoms with Gasteiger partial charge in [0.05, 0.1) is 17.4 Å². The summed E-state index contributed by atoms with van der Waals surface area (Å²) in [5.41, 5.74) is 0. The van der Waals surface area contributed by atoms with Crippen molar-refractivity contribution in [1.82, 2.24) is 4.90 Å². The molecule has 2 aliphatic rings. The SMILES string of the molecule is O=C(O)[C@H]1CC(=O)N([C@@H]2CCS(=O)(=O)C2)C1. The number of carbonyl (C=O) groups excluding carboxylic acids is 1. The molecule has 2 atom stereocenters. The Morgan fingerprint density at radius 1 is 1.44 bits per heavy atom. The molecule has 2 heterocycles. The molecule has 0 aromatic rings. The molecule has 7 heteroatoms. The van der Waals surface area contributed by atoms with Gasteiger partial charge < -0.3 is 10.0 Å². The van der Waals surface area contributed by atoms with E-state index in [9.17, 15) is 18.0 Å². The third-order valence-corrected chi connectivity index (χ3v) is 4.91. The Morgan fingerprint density at radius 3 is 2.56 bits per heavy atom. The molecule has 0 unspecified atom stereocenters. The van der Waals surface area contributed by atoms with Crippen molar-refractivity contribution in [3.8, 4) is 0 Å². The van der Waals surface area contributed by atoms with Gasteiger partial charge >= 0.3 is 5.97 Å². The van der Waals surface area contributed by atoms with E-state index < -0.39 is 21.7 Å². The monoisotopic (exact) mass is 247 g/mol. The van der Waals surface area contributed by atoms with E-state index in [0.717, 1.165) is 0 Å². The van der Waals surface area contributed by atoms with E-state index in [2.05, 4.69) is 0 Å². The minimum atomic E-state index is -3.04. The van der Waals surface area contributed by atoms with E-state index in [4.69, 9.17) is 5.11 Å². The molecular weight excluding hydrogens is 234 g/mol. The summed E-state index contributed by atoms with van der Waals surface area (Å²) in [4.78, 5) is 23.7. The summed E-state index contributed by atoms with van der Waals surface area (Å²) in [6.07, 6.45) is 0.423.